The number of nitrogens with one attached hydrogen (secondary N) is 3. The van der Waals surface area contributed by atoms with Crippen LogP contribution in [0.4, 0.5) is 4.79 Å². The third-order valence-electron chi connectivity index (χ3n) is 5.29. The molecule has 0 unspecified atom stereocenters. The zero-order valence-electron chi connectivity index (χ0n) is 16.8. The Morgan fingerprint density at radius 2 is 2.03 bits per heavy atom. The smallest absolute Gasteiger partial charge is 0.407 e. The predicted octanol–water partition coefficient (Wildman–Crippen LogP) is 1.78. The number of nitrogens with zero attached hydrogens (tertiary/aromatic N) is 1. The number of methoxy groups -OCH3 is 1. The summed E-state index contributed by atoms with van der Waals surface area (Å²) in [7, 11) is 1.63. The first kappa shape index (κ1) is 20.2. The van der Waals surface area contributed by atoms with E-state index in [0.717, 1.165) is 28.2 Å². The van der Waals surface area contributed by atoms with Crippen LogP contribution in [0.25, 0.3) is 11.0 Å². The van der Waals surface area contributed by atoms with Crippen molar-refractivity contribution in [3.63, 3.8) is 0 Å². The van der Waals surface area contributed by atoms with Gasteiger partial charge in [-0.2, -0.15) is 0 Å². The van der Waals surface area contributed by atoms with Crippen molar-refractivity contribution in [1.82, 2.24) is 20.6 Å². The molecule has 1 fully saturated rings. The van der Waals surface area contributed by atoms with Gasteiger partial charge in [-0.3, -0.25) is 0 Å². The summed E-state index contributed by atoms with van der Waals surface area (Å²) in [4.78, 5) is 20.0. The lowest BCUT2D eigenvalue weighted by molar-refractivity contribution is 0.0190. The van der Waals surface area contributed by atoms with Crippen molar-refractivity contribution in [3.8, 4) is 5.75 Å². The number of carbonyl (C=O) groups excluding carboxylic acids is 1. The number of rotatable bonds is 7. The first-order valence-corrected chi connectivity index (χ1v) is 10.0. The molecule has 8 nitrogen and oxygen atoms in total. The molecule has 1 amide bonds. The summed E-state index contributed by atoms with van der Waals surface area (Å²) >= 11 is 0. The van der Waals surface area contributed by atoms with Crippen molar-refractivity contribution in [1.29, 1.82) is 0 Å². The van der Waals surface area contributed by atoms with E-state index < -0.39 is 18.3 Å². The molecule has 0 spiro atoms. The minimum atomic E-state index is -0.741. The van der Waals surface area contributed by atoms with Crippen LogP contribution in [0.15, 0.2) is 48.5 Å². The number of aliphatic hydroxyl groups excluding tert-OH is 1. The summed E-state index contributed by atoms with van der Waals surface area (Å²) in [6, 6.07) is 15.3. The Morgan fingerprint density at radius 1 is 1.23 bits per heavy atom. The van der Waals surface area contributed by atoms with E-state index in [4.69, 9.17) is 9.47 Å². The van der Waals surface area contributed by atoms with Crippen molar-refractivity contribution in [2.45, 2.75) is 31.1 Å². The number of imidazole rings is 1. The lowest BCUT2D eigenvalue weighted by Gasteiger charge is -2.22. The number of hydrogen-bond donors (Lipinski definition) is 4. The number of carbonyl (C=O) groups is 1. The normalized spacial score (nSPS) is 20.9. The maximum atomic E-state index is 12.3. The van der Waals surface area contributed by atoms with Gasteiger partial charge in [0.05, 0.1) is 24.2 Å². The second kappa shape index (κ2) is 9.15. The fourth-order valence-corrected chi connectivity index (χ4v) is 3.71. The summed E-state index contributed by atoms with van der Waals surface area (Å²) in [6.07, 6.45) is -0.700. The van der Waals surface area contributed by atoms with E-state index in [9.17, 15) is 9.90 Å². The van der Waals surface area contributed by atoms with Crippen molar-refractivity contribution in [3.05, 3.63) is 59.9 Å². The van der Waals surface area contributed by atoms with Crippen LogP contribution in [0, 0.1) is 0 Å². The number of alkyl carbamates (subject to hydrolysis) is 1. The Hall–Kier alpha value is -3.10. The first-order chi connectivity index (χ1) is 14.6. The SMILES string of the molecule is COc1ccc(C[C@H]2NC[C@H](O)[C@H]2OC(=O)NCCc2nc3ccccc3[nH]2)cc1. The molecule has 2 heterocycles. The molecule has 2 aromatic carbocycles. The third kappa shape index (κ3) is 4.72. The summed E-state index contributed by atoms with van der Waals surface area (Å²) in [5.74, 6) is 1.59. The van der Waals surface area contributed by atoms with Crippen LogP contribution in [-0.2, 0) is 17.6 Å². The number of H-pyrrole nitrogens is 1. The highest BCUT2D eigenvalue weighted by atomic mass is 16.6. The second-order valence-electron chi connectivity index (χ2n) is 7.38. The van der Waals surface area contributed by atoms with E-state index in [-0.39, 0.29) is 6.04 Å². The summed E-state index contributed by atoms with van der Waals surface area (Å²) in [5.41, 5.74) is 2.94. The molecule has 158 valence electrons. The van der Waals surface area contributed by atoms with Crippen molar-refractivity contribution >= 4 is 17.1 Å². The Kier molecular flexibility index (Phi) is 6.15. The van der Waals surface area contributed by atoms with E-state index in [0.29, 0.717) is 25.9 Å². The van der Waals surface area contributed by atoms with Crippen LogP contribution in [0.1, 0.15) is 11.4 Å². The molecule has 1 saturated heterocycles. The van der Waals surface area contributed by atoms with E-state index in [1.807, 2.05) is 48.5 Å². The fourth-order valence-electron chi connectivity index (χ4n) is 3.71. The number of aromatic nitrogens is 2. The molecule has 3 atom stereocenters. The lowest BCUT2D eigenvalue weighted by atomic mass is 10.0. The molecule has 8 heteroatoms. The molecule has 4 rings (SSSR count). The summed E-state index contributed by atoms with van der Waals surface area (Å²) < 4.78 is 10.7. The predicted molar refractivity (Wildman–Crippen MR) is 113 cm³/mol. The average molecular weight is 410 g/mol. The van der Waals surface area contributed by atoms with Gasteiger partial charge >= 0.3 is 6.09 Å². The van der Waals surface area contributed by atoms with Crippen LogP contribution in [0.3, 0.4) is 0 Å². The number of benzene rings is 2. The topological polar surface area (TPSA) is 108 Å². The number of ether oxygens (including phenoxy) is 2. The lowest BCUT2D eigenvalue weighted by Crippen LogP contribution is -2.41. The number of β-amino-alcohol motifs (C(OH)–C–C–N with tert-alkyl or cyclic N) is 1. The quantitative estimate of drug-likeness (QED) is 0.473. The monoisotopic (exact) mass is 410 g/mol. The van der Waals surface area contributed by atoms with Gasteiger partial charge in [0.1, 0.15) is 23.8 Å². The first-order valence-electron chi connectivity index (χ1n) is 10.0. The van der Waals surface area contributed by atoms with Gasteiger partial charge in [-0.1, -0.05) is 24.3 Å². The molecular weight excluding hydrogens is 384 g/mol. The van der Waals surface area contributed by atoms with Crippen LogP contribution in [0.2, 0.25) is 0 Å². The summed E-state index contributed by atoms with van der Waals surface area (Å²) in [6.45, 7) is 0.774. The van der Waals surface area contributed by atoms with E-state index >= 15 is 0 Å². The van der Waals surface area contributed by atoms with Gasteiger partial charge in [-0.15, -0.1) is 0 Å². The number of hydrogen-bond acceptors (Lipinski definition) is 6. The highest BCUT2D eigenvalue weighted by molar-refractivity contribution is 5.74. The highest BCUT2D eigenvalue weighted by Gasteiger charge is 2.37. The highest BCUT2D eigenvalue weighted by Crippen LogP contribution is 2.19. The van der Waals surface area contributed by atoms with Gasteiger partial charge in [0.2, 0.25) is 0 Å². The molecule has 0 saturated carbocycles. The fraction of sp³-hybridized carbons (Fsp3) is 0.364. The van der Waals surface area contributed by atoms with Crippen molar-refractivity contribution < 1.29 is 19.4 Å². The average Bonchev–Trinajstić information content (AvgIpc) is 3.32. The van der Waals surface area contributed by atoms with Gasteiger partial charge in [-0.25, -0.2) is 9.78 Å². The van der Waals surface area contributed by atoms with E-state index in [2.05, 4.69) is 20.6 Å². The maximum Gasteiger partial charge on any atom is 0.407 e. The molecule has 1 aromatic heterocycles. The molecule has 4 N–H and O–H groups in total. The van der Waals surface area contributed by atoms with Gasteiger partial charge in [0, 0.05) is 19.5 Å². The molecule has 0 radical (unpaired) electrons. The summed E-state index contributed by atoms with van der Waals surface area (Å²) in [5, 5.41) is 16.2. The van der Waals surface area contributed by atoms with Crippen LogP contribution in [-0.4, -0.2) is 59.6 Å². The zero-order chi connectivity index (χ0) is 20.9. The Labute approximate surface area is 174 Å². The van der Waals surface area contributed by atoms with E-state index in [1.165, 1.54) is 0 Å². The van der Waals surface area contributed by atoms with Gasteiger partial charge in [0.25, 0.3) is 0 Å². The molecule has 30 heavy (non-hydrogen) atoms. The number of aliphatic hydroxyl groups is 1. The Balaban J connectivity index is 1.28. The number of amides is 1. The van der Waals surface area contributed by atoms with Crippen LogP contribution >= 0.6 is 0 Å². The molecule has 3 aromatic rings. The Morgan fingerprint density at radius 3 is 2.80 bits per heavy atom. The molecule has 1 aliphatic rings. The number of aromatic amines is 1. The maximum absolute atomic E-state index is 12.3. The van der Waals surface area contributed by atoms with Gasteiger partial charge in [-0.05, 0) is 36.2 Å². The number of para-hydroxylation sites is 2. The minimum absolute atomic E-state index is 0.158. The van der Waals surface area contributed by atoms with Crippen molar-refractivity contribution in [2.75, 3.05) is 20.2 Å². The van der Waals surface area contributed by atoms with Crippen LogP contribution < -0.4 is 15.4 Å². The van der Waals surface area contributed by atoms with Crippen LogP contribution in [0.5, 0.6) is 5.75 Å². The largest absolute Gasteiger partial charge is 0.497 e. The molecule has 0 bridgehead atoms. The molecule has 1 aliphatic heterocycles. The number of fused-ring (bicyclic) bond motifs is 1. The van der Waals surface area contributed by atoms with Gasteiger partial charge in [0.15, 0.2) is 0 Å². The van der Waals surface area contributed by atoms with Gasteiger partial charge < -0.3 is 30.2 Å². The standard InChI is InChI=1S/C22H26N4O4/c1-29-15-8-6-14(7-9-15)12-18-21(19(27)13-24-18)30-22(28)23-11-10-20-25-16-4-2-3-5-17(16)26-20/h2-9,18-19,21,24,27H,10-13H2,1H3,(H,23,28)(H,25,26)/t18-,19+,21+/m1/s1. The third-order valence-corrected chi connectivity index (χ3v) is 5.29. The minimum Gasteiger partial charge on any atom is -0.497 e. The second-order valence-corrected chi connectivity index (χ2v) is 7.38. The Bertz CT molecular complexity index is 955. The van der Waals surface area contributed by atoms with Crippen molar-refractivity contribution in [2.24, 2.45) is 0 Å². The zero-order valence-corrected chi connectivity index (χ0v) is 16.8. The van der Waals surface area contributed by atoms with E-state index in [1.54, 1.807) is 7.11 Å². The molecule has 0 aliphatic carbocycles. The molecular formula is C22H26N4O4.